The summed E-state index contributed by atoms with van der Waals surface area (Å²) in [7, 11) is -3.75. The van der Waals surface area contributed by atoms with E-state index in [9.17, 15) is 31.2 Å². The minimum atomic E-state index is -4.60. The number of nitrogens with zero attached hydrogens (tertiary/aromatic N) is 1. The Bertz CT molecular complexity index is 1350. The van der Waals surface area contributed by atoms with Crippen molar-refractivity contribution in [1.82, 2.24) is 10.1 Å². The summed E-state index contributed by atoms with van der Waals surface area (Å²) in [5, 5.41) is 5.58. The van der Waals surface area contributed by atoms with Crippen LogP contribution in [0.15, 0.2) is 75.1 Å². The van der Waals surface area contributed by atoms with Crippen LogP contribution in [-0.4, -0.2) is 26.4 Å². The Morgan fingerprint density at radius 3 is 2.43 bits per heavy atom. The first kappa shape index (κ1) is 25.6. The van der Waals surface area contributed by atoms with Crippen molar-refractivity contribution < 1.29 is 35.6 Å². The van der Waals surface area contributed by atoms with Crippen LogP contribution in [0.1, 0.15) is 22.6 Å². The molecular weight excluding hydrogens is 489 g/mol. The van der Waals surface area contributed by atoms with Crippen LogP contribution in [0.25, 0.3) is 0 Å². The molecule has 0 aliphatic rings. The SMILES string of the molecule is Cc1ccc(S(=O)(=O)NCc2ccc(/C=N/NC(=O)C(=O)Nc3cccc(C(F)(F)F)c3)o2)cc1. The zero-order valence-corrected chi connectivity index (χ0v) is 18.9. The number of carbonyl (C=O) groups is 2. The fraction of sp³-hybridized carbons (Fsp3) is 0.136. The molecule has 35 heavy (non-hydrogen) atoms. The topological polar surface area (TPSA) is 130 Å². The molecule has 2 amide bonds. The third-order valence-corrected chi connectivity index (χ3v) is 5.88. The van der Waals surface area contributed by atoms with Crippen LogP contribution in [0, 0.1) is 6.92 Å². The van der Waals surface area contributed by atoms with E-state index in [4.69, 9.17) is 4.42 Å². The Kier molecular flexibility index (Phi) is 7.71. The van der Waals surface area contributed by atoms with Crippen molar-refractivity contribution in [2.24, 2.45) is 5.10 Å². The molecule has 0 aliphatic carbocycles. The molecule has 0 saturated heterocycles. The largest absolute Gasteiger partial charge is 0.459 e. The molecule has 3 aromatic rings. The summed E-state index contributed by atoms with van der Waals surface area (Å²) < 4.78 is 70.6. The highest BCUT2D eigenvalue weighted by Crippen LogP contribution is 2.30. The number of anilines is 1. The number of halogens is 3. The highest BCUT2D eigenvalue weighted by molar-refractivity contribution is 7.89. The van der Waals surface area contributed by atoms with Gasteiger partial charge in [-0.2, -0.15) is 18.3 Å². The van der Waals surface area contributed by atoms with Gasteiger partial charge in [-0.25, -0.2) is 18.6 Å². The van der Waals surface area contributed by atoms with E-state index in [1.54, 1.807) is 12.1 Å². The Labute approximate surface area is 198 Å². The molecule has 2 aromatic carbocycles. The summed E-state index contributed by atoms with van der Waals surface area (Å²) in [5.74, 6) is -2.05. The molecule has 1 heterocycles. The molecule has 0 fully saturated rings. The van der Waals surface area contributed by atoms with Crippen LogP contribution in [0.2, 0.25) is 0 Å². The number of hydrogen-bond donors (Lipinski definition) is 3. The van der Waals surface area contributed by atoms with Crippen molar-refractivity contribution in [2.75, 3.05) is 5.32 Å². The molecule has 0 radical (unpaired) electrons. The Morgan fingerprint density at radius 2 is 1.74 bits per heavy atom. The molecule has 3 N–H and O–H groups in total. The first-order valence-corrected chi connectivity index (χ1v) is 11.4. The number of amides is 2. The number of furan rings is 1. The fourth-order valence-electron chi connectivity index (χ4n) is 2.69. The standard InChI is InChI=1S/C22H19F3N4O5S/c1-14-5-9-19(10-6-14)35(32,33)27-13-18-8-7-17(34-18)12-26-29-21(31)20(30)28-16-4-2-3-15(11-16)22(23,24)25/h2-12,27H,13H2,1H3,(H,28,30)(H,29,31)/b26-12+. The lowest BCUT2D eigenvalue weighted by Gasteiger charge is -2.09. The molecule has 9 nitrogen and oxygen atoms in total. The van der Waals surface area contributed by atoms with E-state index in [-0.39, 0.29) is 28.6 Å². The zero-order chi connectivity index (χ0) is 25.6. The number of sulfonamides is 1. The van der Waals surface area contributed by atoms with Gasteiger partial charge in [-0.3, -0.25) is 9.59 Å². The van der Waals surface area contributed by atoms with E-state index in [2.05, 4.69) is 9.82 Å². The smallest absolute Gasteiger partial charge is 0.416 e. The van der Waals surface area contributed by atoms with Gasteiger partial charge < -0.3 is 9.73 Å². The summed E-state index contributed by atoms with van der Waals surface area (Å²) in [6, 6.07) is 13.0. The van der Waals surface area contributed by atoms with Crippen molar-refractivity contribution in [3.05, 3.63) is 83.3 Å². The van der Waals surface area contributed by atoms with Gasteiger partial charge in [-0.05, 0) is 49.4 Å². The van der Waals surface area contributed by atoms with Crippen molar-refractivity contribution in [3.63, 3.8) is 0 Å². The number of hydrazone groups is 1. The van der Waals surface area contributed by atoms with Crippen molar-refractivity contribution in [1.29, 1.82) is 0 Å². The molecule has 0 atom stereocenters. The third-order valence-electron chi connectivity index (χ3n) is 4.46. The van der Waals surface area contributed by atoms with Gasteiger partial charge in [-0.1, -0.05) is 23.8 Å². The normalized spacial score (nSPS) is 12.0. The number of rotatable bonds is 7. The van der Waals surface area contributed by atoms with Gasteiger partial charge in [0, 0.05) is 5.69 Å². The number of nitrogens with one attached hydrogen (secondary N) is 3. The molecule has 0 unspecified atom stereocenters. The van der Waals surface area contributed by atoms with Crippen LogP contribution in [-0.2, 0) is 32.3 Å². The average Bonchev–Trinajstić information content (AvgIpc) is 3.25. The molecule has 13 heteroatoms. The van der Waals surface area contributed by atoms with E-state index in [0.29, 0.717) is 6.07 Å². The van der Waals surface area contributed by atoms with Gasteiger partial charge in [0.1, 0.15) is 11.5 Å². The molecule has 3 rings (SSSR count). The van der Waals surface area contributed by atoms with E-state index >= 15 is 0 Å². The highest BCUT2D eigenvalue weighted by Gasteiger charge is 2.30. The van der Waals surface area contributed by atoms with Gasteiger partial charge in [0.05, 0.1) is 23.2 Å². The van der Waals surface area contributed by atoms with Crippen molar-refractivity contribution >= 4 is 33.7 Å². The summed E-state index contributed by atoms with van der Waals surface area (Å²) in [6.07, 6.45) is -3.54. The third kappa shape index (κ3) is 7.25. The number of hydrogen-bond acceptors (Lipinski definition) is 6. The van der Waals surface area contributed by atoms with Crippen LogP contribution in [0.3, 0.4) is 0 Å². The maximum atomic E-state index is 12.7. The summed E-state index contributed by atoms with van der Waals surface area (Å²) >= 11 is 0. The van der Waals surface area contributed by atoms with Crippen LogP contribution in [0.5, 0.6) is 0 Å². The molecule has 0 spiro atoms. The number of aryl methyl sites for hydroxylation is 1. The number of carbonyl (C=O) groups excluding carboxylic acids is 2. The van der Waals surface area contributed by atoms with Gasteiger partial charge in [0.25, 0.3) is 0 Å². The first-order valence-electron chi connectivity index (χ1n) is 9.91. The maximum Gasteiger partial charge on any atom is 0.416 e. The van der Waals surface area contributed by atoms with Gasteiger partial charge in [0.2, 0.25) is 10.0 Å². The van der Waals surface area contributed by atoms with E-state index in [1.807, 2.05) is 17.7 Å². The molecule has 184 valence electrons. The Balaban J connectivity index is 1.51. The minimum Gasteiger partial charge on any atom is -0.459 e. The van der Waals surface area contributed by atoms with Crippen LogP contribution >= 0.6 is 0 Å². The van der Waals surface area contributed by atoms with Gasteiger partial charge >= 0.3 is 18.0 Å². The lowest BCUT2D eigenvalue weighted by molar-refractivity contribution is -0.137. The molecule has 0 aliphatic heterocycles. The van der Waals surface area contributed by atoms with Crippen molar-refractivity contribution in [3.8, 4) is 0 Å². The molecule has 0 bridgehead atoms. The number of benzene rings is 2. The van der Waals surface area contributed by atoms with Crippen LogP contribution < -0.4 is 15.5 Å². The lowest BCUT2D eigenvalue weighted by Crippen LogP contribution is -2.32. The Morgan fingerprint density at radius 1 is 1.03 bits per heavy atom. The zero-order valence-electron chi connectivity index (χ0n) is 18.1. The first-order chi connectivity index (χ1) is 16.4. The predicted molar refractivity (Wildman–Crippen MR) is 120 cm³/mol. The monoisotopic (exact) mass is 508 g/mol. The summed E-state index contributed by atoms with van der Waals surface area (Å²) in [4.78, 5) is 23.8. The second-order valence-corrected chi connectivity index (χ2v) is 8.94. The van der Waals surface area contributed by atoms with Crippen LogP contribution in [0.4, 0.5) is 18.9 Å². The minimum absolute atomic E-state index is 0.0996. The van der Waals surface area contributed by atoms with E-state index < -0.39 is 33.6 Å². The second-order valence-electron chi connectivity index (χ2n) is 7.17. The summed E-state index contributed by atoms with van der Waals surface area (Å²) in [5.41, 5.74) is 1.63. The molecular formula is C22H19F3N4O5S. The highest BCUT2D eigenvalue weighted by atomic mass is 32.2. The van der Waals surface area contributed by atoms with Crippen molar-refractivity contribution in [2.45, 2.75) is 24.5 Å². The second kappa shape index (κ2) is 10.5. The molecule has 1 aromatic heterocycles. The maximum absolute atomic E-state index is 12.7. The predicted octanol–water partition coefficient (Wildman–Crippen LogP) is 3.17. The van der Waals surface area contributed by atoms with Gasteiger partial charge in [0.15, 0.2) is 0 Å². The lowest BCUT2D eigenvalue weighted by atomic mass is 10.2. The fourth-order valence-corrected chi connectivity index (χ4v) is 3.69. The van der Waals surface area contributed by atoms with Gasteiger partial charge in [-0.15, -0.1) is 0 Å². The number of alkyl halides is 3. The molecule has 0 saturated carbocycles. The summed E-state index contributed by atoms with van der Waals surface area (Å²) in [6.45, 7) is 1.69. The van der Waals surface area contributed by atoms with E-state index in [0.717, 1.165) is 23.9 Å². The average molecular weight is 508 g/mol. The van der Waals surface area contributed by atoms with E-state index in [1.165, 1.54) is 30.3 Å². The Hall–Kier alpha value is -3.97. The quantitative estimate of drug-likeness (QED) is 0.256.